The van der Waals surface area contributed by atoms with Crippen molar-refractivity contribution in [2.45, 2.75) is 138 Å². The fourth-order valence-corrected chi connectivity index (χ4v) is 14.8. The molecule has 0 aliphatic carbocycles. The van der Waals surface area contributed by atoms with Crippen LogP contribution in [0.25, 0.3) is 0 Å². The van der Waals surface area contributed by atoms with Crippen LogP contribution in [0.4, 0.5) is 0 Å². The highest BCUT2D eigenvalue weighted by molar-refractivity contribution is 7.65. The van der Waals surface area contributed by atoms with Gasteiger partial charge in [0.25, 0.3) is 0 Å². The molecule has 0 unspecified atom stereocenters. The summed E-state index contributed by atoms with van der Waals surface area (Å²) in [6, 6.07) is 0. The van der Waals surface area contributed by atoms with Crippen molar-refractivity contribution in [1.29, 1.82) is 0 Å². The number of methoxy groups -OCH3 is 4. The topological polar surface area (TPSA) is 73.8 Å². The SMILES string of the molecule is CO[C@@]1(C)O[C@@H]2[C@H]([C@H]3[C@H]4O[C@](C)(OC)[C@@](C)(OC)O[C@@H]4C[P@]3C(C)(C)C)[P@](C(C)(C)C)C[C@H]2O[C@]1(C)OC. The summed E-state index contributed by atoms with van der Waals surface area (Å²) >= 11 is 0. The van der Waals surface area contributed by atoms with Crippen molar-refractivity contribution >= 4 is 15.8 Å². The van der Waals surface area contributed by atoms with Gasteiger partial charge in [0.2, 0.25) is 23.1 Å². The molecular weight excluding hydrogens is 526 g/mol. The Labute approximate surface area is 232 Å². The van der Waals surface area contributed by atoms with Crippen molar-refractivity contribution in [3.8, 4) is 0 Å². The van der Waals surface area contributed by atoms with Crippen LogP contribution >= 0.6 is 15.8 Å². The fraction of sp³-hybridized carbons (Fsp3) is 1.00. The average molecular weight is 579 g/mol. The summed E-state index contributed by atoms with van der Waals surface area (Å²) in [4.78, 5) is 0. The first-order valence-electron chi connectivity index (χ1n) is 13.8. The van der Waals surface area contributed by atoms with E-state index in [-0.39, 0.29) is 46.0 Å². The number of hydrogen-bond donors (Lipinski definition) is 0. The van der Waals surface area contributed by atoms with Gasteiger partial charge in [-0.25, -0.2) is 0 Å². The van der Waals surface area contributed by atoms with E-state index in [0.717, 1.165) is 12.3 Å². The van der Waals surface area contributed by atoms with Crippen molar-refractivity contribution in [2.24, 2.45) is 0 Å². The van der Waals surface area contributed by atoms with Gasteiger partial charge in [-0.05, 0) is 50.3 Å². The highest BCUT2D eigenvalue weighted by Gasteiger charge is 2.69. The van der Waals surface area contributed by atoms with Crippen LogP contribution < -0.4 is 0 Å². The van der Waals surface area contributed by atoms with E-state index in [1.807, 2.05) is 27.7 Å². The molecule has 0 aromatic carbocycles. The maximum atomic E-state index is 6.99. The van der Waals surface area contributed by atoms with Crippen molar-refractivity contribution in [3.05, 3.63) is 0 Å². The van der Waals surface area contributed by atoms with Crippen LogP contribution in [0.15, 0.2) is 0 Å². The van der Waals surface area contributed by atoms with Gasteiger partial charge < -0.3 is 37.9 Å². The van der Waals surface area contributed by atoms with Crippen LogP contribution in [0.5, 0.6) is 0 Å². The van der Waals surface area contributed by atoms with E-state index in [1.54, 1.807) is 28.4 Å². The first-order chi connectivity index (χ1) is 17.3. The monoisotopic (exact) mass is 578 g/mol. The van der Waals surface area contributed by atoms with Crippen molar-refractivity contribution < 1.29 is 37.9 Å². The quantitative estimate of drug-likeness (QED) is 0.406. The molecule has 0 spiro atoms. The molecule has 4 fully saturated rings. The number of rotatable bonds is 5. The lowest BCUT2D eigenvalue weighted by Crippen LogP contribution is -2.68. The average Bonchev–Trinajstić information content (AvgIpc) is 3.36. The van der Waals surface area contributed by atoms with Crippen LogP contribution in [0.3, 0.4) is 0 Å². The minimum Gasteiger partial charge on any atom is -0.349 e. The van der Waals surface area contributed by atoms with Gasteiger partial charge in [-0.2, -0.15) is 0 Å². The third kappa shape index (κ3) is 4.75. The Balaban J connectivity index is 1.83. The van der Waals surface area contributed by atoms with Gasteiger partial charge in [-0.1, -0.05) is 57.4 Å². The molecule has 8 nitrogen and oxygen atoms in total. The molecule has 38 heavy (non-hydrogen) atoms. The highest BCUT2D eigenvalue weighted by Crippen LogP contribution is 2.73. The predicted molar refractivity (Wildman–Crippen MR) is 152 cm³/mol. The van der Waals surface area contributed by atoms with E-state index in [9.17, 15) is 0 Å². The summed E-state index contributed by atoms with van der Waals surface area (Å²) in [5, 5.41) is 0.185. The van der Waals surface area contributed by atoms with E-state index in [4.69, 9.17) is 37.9 Å². The Hall–Kier alpha value is 0.540. The summed E-state index contributed by atoms with van der Waals surface area (Å²) in [7, 11) is 5.60. The smallest absolute Gasteiger partial charge is 0.220 e. The summed E-state index contributed by atoms with van der Waals surface area (Å²) in [6.45, 7) is 21.9. The molecule has 0 aromatic heterocycles. The van der Waals surface area contributed by atoms with Gasteiger partial charge in [0.05, 0.1) is 24.4 Å². The predicted octanol–water partition coefficient (Wildman–Crippen LogP) is 5.33. The minimum atomic E-state index is -1.05. The zero-order chi connectivity index (χ0) is 28.7. The van der Waals surface area contributed by atoms with Gasteiger partial charge in [-0.3, -0.25) is 0 Å². The van der Waals surface area contributed by atoms with E-state index >= 15 is 0 Å². The zero-order valence-electron chi connectivity index (χ0n) is 26.0. The molecular formula is C28H52O8P2. The van der Waals surface area contributed by atoms with Gasteiger partial charge in [0.1, 0.15) is 0 Å². The largest absolute Gasteiger partial charge is 0.349 e. The second kappa shape index (κ2) is 10.1. The molecule has 12 atom stereocenters. The molecule has 0 bridgehead atoms. The Morgan fingerprint density at radius 3 is 1.03 bits per heavy atom. The molecule has 4 rings (SSSR count). The normalized spacial score (nSPS) is 51.6. The molecule has 4 aliphatic rings. The van der Waals surface area contributed by atoms with Crippen LogP contribution in [0.1, 0.15) is 69.2 Å². The molecule has 0 saturated carbocycles. The molecule has 0 aromatic rings. The fourth-order valence-electron chi connectivity index (χ4n) is 6.79. The Kier molecular flexibility index (Phi) is 8.34. The zero-order valence-corrected chi connectivity index (χ0v) is 27.8. The van der Waals surface area contributed by atoms with Gasteiger partial charge >= 0.3 is 0 Å². The lowest BCUT2D eigenvalue weighted by atomic mass is 9.96. The maximum Gasteiger partial charge on any atom is 0.220 e. The molecule has 4 aliphatic heterocycles. The van der Waals surface area contributed by atoms with E-state index < -0.39 is 39.0 Å². The number of fused-ring (bicyclic) bond motifs is 2. The van der Waals surface area contributed by atoms with Crippen molar-refractivity contribution in [1.82, 2.24) is 0 Å². The van der Waals surface area contributed by atoms with E-state index in [2.05, 4.69) is 41.5 Å². The highest BCUT2D eigenvalue weighted by atomic mass is 31.1. The molecule has 0 amide bonds. The van der Waals surface area contributed by atoms with Crippen LogP contribution in [0, 0.1) is 0 Å². The Morgan fingerprint density at radius 2 is 0.789 bits per heavy atom. The third-order valence-corrected chi connectivity index (χ3v) is 17.5. The van der Waals surface area contributed by atoms with Gasteiger partial charge in [-0.15, -0.1) is 0 Å². The van der Waals surface area contributed by atoms with Gasteiger partial charge in [0, 0.05) is 39.8 Å². The second-order valence-electron chi connectivity index (χ2n) is 13.7. The first kappa shape index (κ1) is 31.5. The lowest BCUT2D eigenvalue weighted by Gasteiger charge is -2.54. The molecule has 0 radical (unpaired) electrons. The van der Waals surface area contributed by atoms with Crippen LogP contribution in [0.2, 0.25) is 0 Å². The molecule has 222 valence electrons. The summed E-state index contributed by atoms with van der Waals surface area (Å²) < 4.78 is 51.2. The Bertz CT molecular complexity index is 808. The third-order valence-electron chi connectivity index (χ3n) is 9.63. The summed E-state index contributed by atoms with van der Waals surface area (Å²) in [5.41, 5.74) is 0.477. The minimum absolute atomic E-state index is 0.0862. The molecule has 4 heterocycles. The summed E-state index contributed by atoms with van der Waals surface area (Å²) in [5.74, 6) is -4.12. The summed E-state index contributed by atoms with van der Waals surface area (Å²) in [6.07, 6.45) is 1.45. The molecule has 0 N–H and O–H groups in total. The van der Waals surface area contributed by atoms with E-state index in [0.29, 0.717) is 0 Å². The van der Waals surface area contributed by atoms with Crippen molar-refractivity contribution in [3.63, 3.8) is 0 Å². The van der Waals surface area contributed by atoms with E-state index in [1.165, 1.54) is 0 Å². The molecule has 4 saturated heterocycles. The van der Waals surface area contributed by atoms with Gasteiger partial charge in [0.15, 0.2) is 0 Å². The maximum absolute atomic E-state index is 6.99. The Morgan fingerprint density at radius 1 is 0.526 bits per heavy atom. The lowest BCUT2D eigenvalue weighted by molar-refractivity contribution is -0.448. The number of ether oxygens (including phenoxy) is 8. The standard InChI is InChI=1S/C28H52O8P2/c1-23(2,3)37-15-17-19(35-27(9,31-13)25(7,29-11)33-17)21(37)22-20-18(16-38(22)24(4,5)6)34-26(8,30-12)28(10,32-14)36-20/h17-22H,15-16H2,1-14H3/t17-,18-,19+,20+,21-,22-,25+,26+,27+,28+,37-,38+/m1/s1. The molecule has 10 heteroatoms. The van der Waals surface area contributed by atoms with Crippen LogP contribution in [-0.4, -0.2) is 110 Å². The number of hydrogen-bond acceptors (Lipinski definition) is 8. The van der Waals surface area contributed by atoms with Crippen molar-refractivity contribution in [2.75, 3.05) is 40.8 Å². The first-order valence-corrected chi connectivity index (χ1v) is 17.0. The second-order valence-corrected chi connectivity index (χ2v) is 20.2. The van der Waals surface area contributed by atoms with Crippen LogP contribution in [-0.2, 0) is 37.9 Å².